The van der Waals surface area contributed by atoms with Crippen LogP contribution in [0.15, 0.2) is 18.2 Å². The molecule has 92 valence electrons. The van der Waals surface area contributed by atoms with Crippen LogP contribution in [0.5, 0.6) is 0 Å². The van der Waals surface area contributed by atoms with E-state index in [2.05, 4.69) is 11.8 Å². The van der Waals surface area contributed by atoms with Crippen molar-refractivity contribution in [3.05, 3.63) is 39.4 Å². The van der Waals surface area contributed by atoms with Gasteiger partial charge in [-0.05, 0) is 43.5 Å². The van der Waals surface area contributed by atoms with Crippen molar-refractivity contribution in [2.45, 2.75) is 32.7 Å². The van der Waals surface area contributed by atoms with Gasteiger partial charge in [0.05, 0.1) is 4.92 Å². The second kappa shape index (κ2) is 5.27. The molecular weight excluding hydrogens is 216 g/mol. The van der Waals surface area contributed by atoms with E-state index >= 15 is 0 Å². The van der Waals surface area contributed by atoms with Gasteiger partial charge in [0.25, 0.3) is 5.69 Å². The molecule has 0 unspecified atom stereocenters. The smallest absolute Gasteiger partial charge is 0.269 e. The molecule has 0 saturated carbocycles. The fraction of sp³-hybridized carbons (Fsp3) is 0.538. The quantitative estimate of drug-likeness (QED) is 0.594. The van der Waals surface area contributed by atoms with E-state index in [-0.39, 0.29) is 10.6 Å². The molecule has 1 aliphatic rings. The van der Waals surface area contributed by atoms with Gasteiger partial charge in [0, 0.05) is 18.7 Å². The lowest BCUT2D eigenvalue weighted by Crippen LogP contribution is -2.19. The number of nitro groups is 1. The Labute approximate surface area is 101 Å². The maximum Gasteiger partial charge on any atom is 0.269 e. The van der Waals surface area contributed by atoms with Gasteiger partial charge < -0.3 is 0 Å². The van der Waals surface area contributed by atoms with Crippen molar-refractivity contribution in [2.75, 3.05) is 13.1 Å². The van der Waals surface area contributed by atoms with Crippen LogP contribution in [0.25, 0.3) is 0 Å². The Morgan fingerprint density at radius 2 is 2.00 bits per heavy atom. The first-order valence-electron chi connectivity index (χ1n) is 6.19. The van der Waals surface area contributed by atoms with E-state index in [1.807, 2.05) is 6.07 Å². The highest BCUT2D eigenvalue weighted by Gasteiger charge is 2.15. The van der Waals surface area contributed by atoms with Crippen LogP contribution in [0.3, 0.4) is 0 Å². The number of nitrogens with zero attached hydrogens (tertiary/aromatic N) is 2. The number of aryl methyl sites for hydroxylation is 1. The summed E-state index contributed by atoms with van der Waals surface area (Å²) < 4.78 is 0. The summed E-state index contributed by atoms with van der Waals surface area (Å²) in [5.41, 5.74) is 2.54. The minimum Gasteiger partial charge on any atom is -0.299 e. The van der Waals surface area contributed by atoms with Gasteiger partial charge in [-0.2, -0.15) is 0 Å². The lowest BCUT2D eigenvalue weighted by Gasteiger charge is -2.16. The highest BCUT2D eigenvalue weighted by Crippen LogP contribution is 2.21. The molecule has 1 fully saturated rings. The summed E-state index contributed by atoms with van der Waals surface area (Å²) in [6.07, 6.45) is 3.42. The molecule has 0 aliphatic carbocycles. The summed E-state index contributed by atoms with van der Waals surface area (Å²) in [5, 5.41) is 10.8. The van der Waals surface area contributed by atoms with Crippen LogP contribution >= 0.6 is 0 Å². The average molecular weight is 234 g/mol. The molecule has 0 bridgehead atoms. The SMILES string of the molecule is CCc1ccc([N+](=O)[O-])cc1CN1CCCC1. The first-order valence-corrected chi connectivity index (χ1v) is 6.19. The van der Waals surface area contributed by atoms with E-state index in [4.69, 9.17) is 0 Å². The predicted octanol–water partition coefficient (Wildman–Crippen LogP) is 2.75. The van der Waals surface area contributed by atoms with Crippen molar-refractivity contribution in [3.8, 4) is 0 Å². The second-order valence-corrected chi connectivity index (χ2v) is 4.55. The first kappa shape index (κ1) is 12.0. The van der Waals surface area contributed by atoms with Gasteiger partial charge >= 0.3 is 0 Å². The molecule has 4 nitrogen and oxygen atoms in total. The molecule has 1 aromatic rings. The zero-order valence-corrected chi connectivity index (χ0v) is 10.2. The first-order chi connectivity index (χ1) is 8.20. The largest absolute Gasteiger partial charge is 0.299 e. The molecule has 17 heavy (non-hydrogen) atoms. The van der Waals surface area contributed by atoms with E-state index in [1.54, 1.807) is 12.1 Å². The number of non-ortho nitro benzene ring substituents is 1. The topological polar surface area (TPSA) is 46.4 Å². The number of hydrogen-bond donors (Lipinski definition) is 0. The molecule has 0 aromatic heterocycles. The molecule has 0 amide bonds. The van der Waals surface area contributed by atoms with Gasteiger partial charge in [-0.1, -0.05) is 13.0 Å². The summed E-state index contributed by atoms with van der Waals surface area (Å²) >= 11 is 0. The zero-order chi connectivity index (χ0) is 12.3. The van der Waals surface area contributed by atoms with E-state index < -0.39 is 0 Å². The number of rotatable bonds is 4. The van der Waals surface area contributed by atoms with E-state index in [9.17, 15) is 10.1 Å². The van der Waals surface area contributed by atoms with Crippen LogP contribution in [0.2, 0.25) is 0 Å². The average Bonchev–Trinajstić information content (AvgIpc) is 2.81. The second-order valence-electron chi connectivity index (χ2n) is 4.55. The maximum absolute atomic E-state index is 10.8. The molecule has 0 spiro atoms. The fourth-order valence-corrected chi connectivity index (χ4v) is 2.40. The van der Waals surface area contributed by atoms with Crippen molar-refractivity contribution in [1.29, 1.82) is 0 Å². The lowest BCUT2D eigenvalue weighted by atomic mass is 10.0. The molecular formula is C13H18N2O2. The van der Waals surface area contributed by atoms with Crippen LogP contribution in [0, 0.1) is 10.1 Å². The number of nitro benzene ring substituents is 1. The summed E-state index contributed by atoms with van der Waals surface area (Å²) in [4.78, 5) is 12.8. The number of benzene rings is 1. The lowest BCUT2D eigenvalue weighted by molar-refractivity contribution is -0.384. The molecule has 1 aliphatic heterocycles. The Morgan fingerprint density at radius 3 is 2.59 bits per heavy atom. The van der Waals surface area contributed by atoms with Gasteiger partial charge in [-0.15, -0.1) is 0 Å². The third kappa shape index (κ3) is 2.82. The van der Waals surface area contributed by atoms with Crippen LogP contribution < -0.4 is 0 Å². The van der Waals surface area contributed by atoms with Gasteiger partial charge in [0.2, 0.25) is 0 Å². The van der Waals surface area contributed by atoms with Crippen LogP contribution in [-0.4, -0.2) is 22.9 Å². The Balaban J connectivity index is 2.21. The molecule has 1 aromatic carbocycles. The molecule has 1 saturated heterocycles. The van der Waals surface area contributed by atoms with Gasteiger partial charge in [-0.25, -0.2) is 0 Å². The van der Waals surface area contributed by atoms with Crippen molar-refractivity contribution >= 4 is 5.69 Å². The van der Waals surface area contributed by atoms with Gasteiger partial charge in [-0.3, -0.25) is 15.0 Å². The van der Waals surface area contributed by atoms with Gasteiger partial charge in [0.1, 0.15) is 0 Å². The Kier molecular flexibility index (Phi) is 3.74. The van der Waals surface area contributed by atoms with Crippen molar-refractivity contribution in [3.63, 3.8) is 0 Å². The van der Waals surface area contributed by atoms with Crippen molar-refractivity contribution in [1.82, 2.24) is 4.90 Å². The summed E-state index contributed by atoms with van der Waals surface area (Å²) in [7, 11) is 0. The molecule has 0 radical (unpaired) electrons. The minimum atomic E-state index is -0.313. The molecule has 0 atom stereocenters. The summed E-state index contributed by atoms with van der Waals surface area (Å²) in [5.74, 6) is 0. The highest BCUT2D eigenvalue weighted by molar-refractivity contribution is 5.40. The third-order valence-corrected chi connectivity index (χ3v) is 3.37. The molecule has 4 heteroatoms. The molecule has 0 N–H and O–H groups in total. The zero-order valence-electron chi connectivity index (χ0n) is 10.2. The summed E-state index contributed by atoms with van der Waals surface area (Å²) in [6, 6.07) is 5.23. The molecule has 1 heterocycles. The Hall–Kier alpha value is -1.42. The van der Waals surface area contributed by atoms with Crippen LogP contribution in [0.4, 0.5) is 5.69 Å². The van der Waals surface area contributed by atoms with Crippen molar-refractivity contribution < 1.29 is 4.92 Å². The van der Waals surface area contributed by atoms with Crippen LogP contribution in [0.1, 0.15) is 30.9 Å². The maximum atomic E-state index is 10.8. The van der Waals surface area contributed by atoms with Crippen LogP contribution in [-0.2, 0) is 13.0 Å². The van der Waals surface area contributed by atoms with Gasteiger partial charge in [0.15, 0.2) is 0 Å². The van der Waals surface area contributed by atoms with E-state index in [1.165, 1.54) is 18.4 Å². The monoisotopic (exact) mass is 234 g/mol. The Morgan fingerprint density at radius 1 is 1.29 bits per heavy atom. The normalized spacial score (nSPS) is 16.3. The molecule has 2 rings (SSSR count). The van der Waals surface area contributed by atoms with E-state index in [0.717, 1.165) is 31.6 Å². The standard InChI is InChI=1S/C13H18N2O2/c1-2-11-5-6-13(15(16)17)9-12(11)10-14-7-3-4-8-14/h5-6,9H,2-4,7-8,10H2,1H3. The number of hydrogen-bond acceptors (Lipinski definition) is 3. The minimum absolute atomic E-state index is 0.205. The highest BCUT2D eigenvalue weighted by atomic mass is 16.6. The Bertz CT molecular complexity index is 412. The fourth-order valence-electron chi connectivity index (χ4n) is 2.40. The van der Waals surface area contributed by atoms with E-state index in [0.29, 0.717) is 0 Å². The summed E-state index contributed by atoms with van der Waals surface area (Å²) in [6.45, 7) is 5.18. The van der Waals surface area contributed by atoms with Crippen molar-refractivity contribution in [2.24, 2.45) is 0 Å². The number of likely N-dealkylation sites (tertiary alicyclic amines) is 1. The third-order valence-electron chi connectivity index (χ3n) is 3.37. The predicted molar refractivity (Wildman–Crippen MR) is 67.0 cm³/mol.